The lowest BCUT2D eigenvalue weighted by atomic mass is 9.95. The van der Waals surface area contributed by atoms with E-state index in [0.717, 1.165) is 13.6 Å². The average molecular weight is 861 g/mol. The zero-order chi connectivity index (χ0) is 33.2. The van der Waals surface area contributed by atoms with Crippen LogP contribution in [0.25, 0.3) is 6.08 Å². The first-order valence-electron chi connectivity index (χ1n) is 14.2. The topological polar surface area (TPSA) is 81.9 Å². The second kappa shape index (κ2) is 14.4. The third-order valence-corrected chi connectivity index (χ3v) is 10.4. The predicted octanol–water partition coefficient (Wildman–Crippen LogP) is 8.14. The molecule has 2 heterocycles. The third-order valence-electron chi connectivity index (χ3n) is 7.40. The minimum Gasteiger partial charge on any atom is -0.497 e. The second-order valence-corrected chi connectivity index (χ2v) is 14.4. The summed E-state index contributed by atoms with van der Waals surface area (Å²) in [7, 11) is 1.58. The monoisotopic (exact) mass is 859 g/mol. The average Bonchev–Trinajstić information content (AvgIpc) is 3.35. The first kappa shape index (κ1) is 33.5. The molecule has 1 aliphatic heterocycles. The Hall–Kier alpha value is -3.42. The van der Waals surface area contributed by atoms with Gasteiger partial charge in [-0.2, -0.15) is 0 Å². The van der Waals surface area contributed by atoms with E-state index < -0.39 is 6.04 Å². The number of carbonyl (C=O) groups is 1. The Morgan fingerprint density at radius 3 is 2.60 bits per heavy atom. The number of nitrogens with zero attached hydrogens (tertiary/aromatic N) is 2. The molecule has 0 bridgehead atoms. The number of ether oxygens (including phenoxy) is 2. The molecule has 4 aromatic carbocycles. The Morgan fingerprint density at radius 2 is 1.85 bits per heavy atom. The van der Waals surface area contributed by atoms with Crippen LogP contribution in [0.3, 0.4) is 0 Å². The van der Waals surface area contributed by atoms with Crippen LogP contribution >= 0.6 is 73.1 Å². The normalized spacial score (nSPS) is 14.4. The molecule has 0 fully saturated rings. The van der Waals surface area contributed by atoms with Crippen molar-refractivity contribution < 1.29 is 14.3 Å². The van der Waals surface area contributed by atoms with Crippen LogP contribution in [-0.4, -0.2) is 17.6 Å². The van der Waals surface area contributed by atoms with Gasteiger partial charge in [-0.3, -0.25) is 14.2 Å². The summed E-state index contributed by atoms with van der Waals surface area (Å²) >= 11 is 19.4. The number of thiazole rings is 1. The minimum absolute atomic E-state index is 0.242. The van der Waals surface area contributed by atoms with E-state index in [-0.39, 0.29) is 18.1 Å². The van der Waals surface area contributed by atoms with Gasteiger partial charge in [0.25, 0.3) is 11.5 Å². The highest BCUT2D eigenvalue weighted by atomic mass is 127. The number of amides is 1. The van der Waals surface area contributed by atoms with E-state index in [1.165, 1.54) is 11.3 Å². The Labute approximate surface area is 306 Å². The standard InChI is InChI=1S/C35H25BrCl2IN3O4S/c1-19-30(33(43)41-24-8-4-3-5-9-24)31(21-7-6-10-25(15-21)45-2)42-34(44)29(47-35(42)40-19)16-22-14-23(36)17-28(39)32(22)46-18-20-11-12-26(37)27(38)13-20/h3-17,31H,18H2,1-2H3,(H,41,43)/b29-16-/t31-/m0/s1. The van der Waals surface area contributed by atoms with Gasteiger partial charge < -0.3 is 14.8 Å². The first-order chi connectivity index (χ1) is 22.6. The van der Waals surface area contributed by atoms with Gasteiger partial charge in [0.15, 0.2) is 4.80 Å². The van der Waals surface area contributed by atoms with E-state index in [1.807, 2.05) is 72.8 Å². The number of benzene rings is 4. The van der Waals surface area contributed by atoms with Crippen LogP contribution in [0.2, 0.25) is 10.0 Å². The van der Waals surface area contributed by atoms with Crippen LogP contribution in [0.1, 0.15) is 29.7 Å². The molecule has 5 aromatic rings. The summed E-state index contributed by atoms with van der Waals surface area (Å²) in [5.41, 5.74) is 3.49. The highest BCUT2D eigenvalue weighted by molar-refractivity contribution is 14.1. The number of nitrogens with one attached hydrogen (secondary N) is 1. The molecule has 7 nitrogen and oxygen atoms in total. The van der Waals surface area contributed by atoms with Crippen LogP contribution in [0, 0.1) is 3.57 Å². The number of allylic oxidation sites excluding steroid dienone is 1. The third kappa shape index (κ3) is 7.22. The number of hydrogen-bond donors (Lipinski definition) is 1. The first-order valence-corrected chi connectivity index (χ1v) is 17.7. The Balaban J connectivity index is 1.46. The Kier molecular flexibility index (Phi) is 10.2. The van der Waals surface area contributed by atoms with E-state index in [0.29, 0.717) is 59.0 Å². The molecule has 1 aliphatic rings. The van der Waals surface area contributed by atoms with Crippen LogP contribution in [0.15, 0.2) is 110 Å². The molecule has 0 saturated heterocycles. The van der Waals surface area contributed by atoms with Crippen LogP contribution < -0.4 is 29.7 Å². The molecule has 6 rings (SSSR count). The molecular weight excluding hydrogens is 836 g/mol. The number of hydrogen-bond acceptors (Lipinski definition) is 6. The summed E-state index contributed by atoms with van der Waals surface area (Å²) in [6.07, 6.45) is 1.80. The Bertz CT molecular complexity index is 2240. The lowest BCUT2D eigenvalue weighted by Crippen LogP contribution is -2.40. The zero-order valence-corrected chi connectivity index (χ0v) is 31.0. The zero-order valence-electron chi connectivity index (χ0n) is 24.9. The van der Waals surface area contributed by atoms with Gasteiger partial charge in [0.05, 0.1) is 42.6 Å². The number of fused-ring (bicyclic) bond motifs is 1. The van der Waals surface area contributed by atoms with Crippen molar-refractivity contribution in [3.63, 3.8) is 0 Å². The number of anilines is 1. The summed E-state index contributed by atoms with van der Waals surface area (Å²) in [6, 6.07) is 25.0. The van der Waals surface area contributed by atoms with E-state index in [9.17, 15) is 9.59 Å². The smallest absolute Gasteiger partial charge is 0.271 e. The summed E-state index contributed by atoms with van der Waals surface area (Å²) in [5, 5.41) is 3.88. The number of para-hydroxylation sites is 1. The maximum Gasteiger partial charge on any atom is 0.271 e. The van der Waals surface area contributed by atoms with Gasteiger partial charge in [0.2, 0.25) is 0 Å². The fraction of sp³-hybridized carbons (Fsp3) is 0.114. The molecule has 1 atom stereocenters. The minimum atomic E-state index is -0.750. The maximum atomic E-state index is 14.3. The molecule has 0 saturated carbocycles. The number of carbonyl (C=O) groups excluding carboxylic acids is 1. The molecule has 1 N–H and O–H groups in total. The van der Waals surface area contributed by atoms with E-state index in [4.69, 9.17) is 37.7 Å². The van der Waals surface area contributed by atoms with E-state index >= 15 is 0 Å². The van der Waals surface area contributed by atoms with Crippen molar-refractivity contribution in [2.75, 3.05) is 12.4 Å². The van der Waals surface area contributed by atoms with Crippen molar-refractivity contribution >= 4 is 90.7 Å². The lowest BCUT2D eigenvalue weighted by Gasteiger charge is -2.25. The molecule has 0 unspecified atom stereocenters. The van der Waals surface area contributed by atoms with Gasteiger partial charge in [-0.05, 0) is 95.2 Å². The summed E-state index contributed by atoms with van der Waals surface area (Å²) in [6.45, 7) is 2.03. The van der Waals surface area contributed by atoms with Crippen LogP contribution in [0.4, 0.5) is 5.69 Å². The number of rotatable bonds is 8. The summed E-state index contributed by atoms with van der Waals surface area (Å²) in [5.74, 6) is 0.864. The molecule has 0 spiro atoms. The van der Waals surface area contributed by atoms with Crippen molar-refractivity contribution in [2.45, 2.75) is 19.6 Å². The molecule has 0 radical (unpaired) electrons. The quantitative estimate of drug-likeness (QED) is 0.160. The SMILES string of the molecule is COc1cccc([C@H]2C(C(=O)Nc3ccccc3)=C(C)N=c3s/c(=C\c4cc(Br)cc(I)c4OCc4ccc(Cl)c(Cl)c4)c(=O)n32)c1. The van der Waals surface area contributed by atoms with Gasteiger partial charge in [-0.15, -0.1) is 0 Å². The van der Waals surface area contributed by atoms with Crippen molar-refractivity contribution in [3.8, 4) is 11.5 Å². The maximum absolute atomic E-state index is 14.3. The molecule has 1 aromatic heterocycles. The van der Waals surface area contributed by atoms with Gasteiger partial charge in [0.1, 0.15) is 18.1 Å². The second-order valence-electron chi connectivity index (χ2n) is 10.5. The number of halogens is 4. The van der Waals surface area contributed by atoms with Crippen molar-refractivity contribution in [3.05, 3.63) is 151 Å². The van der Waals surface area contributed by atoms with Gasteiger partial charge >= 0.3 is 0 Å². The van der Waals surface area contributed by atoms with Crippen molar-refractivity contribution in [1.29, 1.82) is 0 Å². The summed E-state index contributed by atoms with van der Waals surface area (Å²) in [4.78, 5) is 33.4. The van der Waals surface area contributed by atoms with Crippen LogP contribution in [0.5, 0.6) is 11.5 Å². The van der Waals surface area contributed by atoms with Crippen molar-refractivity contribution in [1.82, 2.24) is 4.57 Å². The molecule has 0 aliphatic carbocycles. The van der Waals surface area contributed by atoms with Gasteiger partial charge in [-0.1, -0.05) is 86.9 Å². The Morgan fingerprint density at radius 1 is 1.06 bits per heavy atom. The molecule has 12 heteroatoms. The number of methoxy groups -OCH3 is 1. The fourth-order valence-electron chi connectivity index (χ4n) is 5.22. The highest BCUT2D eigenvalue weighted by Gasteiger charge is 2.33. The largest absolute Gasteiger partial charge is 0.497 e. The molecule has 238 valence electrons. The predicted molar refractivity (Wildman–Crippen MR) is 199 cm³/mol. The molecule has 1 amide bonds. The highest BCUT2D eigenvalue weighted by Crippen LogP contribution is 2.34. The fourth-order valence-corrected chi connectivity index (χ4v) is 8.29. The molecular formula is C35H25BrCl2IN3O4S. The van der Waals surface area contributed by atoms with Gasteiger partial charge in [0, 0.05) is 15.7 Å². The van der Waals surface area contributed by atoms with E-state index in [2.05, 4.69) is 43.8 Å². The van der Waals surface area contributed by atoms with Gasteiger partial charge in [-0.25, -0.2) is 4.99 Å². The lowest BCUT2D eigenvalue weighted by molar-refractivity contribution is -0.113. The number of aromatic nitrogens is 1. The van der Waals surface area contributed by atoms with Crippen LogP contribution in [-0.2, 0) is 11.4 Å². The van der Waals surface area contributed by atoms with Crippen molar-refractivity contribution in [2.24, 2.45) is 4.99 Å². The summed E-state index contributed by atoms with van der Waals surface area (Å²) < 4.78 is 15.5. The van der Waals surface area contributed by atoms with E-state index in [1.54, 1.807) is 36.8 Å². The molecule has 47 heavy (non-hydrogen) atoms.